The second-order valence-corrected chi connectivity index (χ2v) is 5.23. The van der Waals surface area contributed by atoms with E-state index in [0.717, 1.165) is 24.0 Å². The molecule has 1 aromatic carbocycles. The number of allylic oxidation sites excluding steroid dienone is 2. The molecule has 0 saturated carbocycles. The fourth-order valence-corrected chi connectivity index (χ4v) is 2.51. The average molecular weight is 303 g/mol. The van der Waals surface area contributed by atoms with Gasteiger partial charge in [-0.2, -0.15) is 0 Å². The predicted octanol–water partition coefficient (Wildman–Crippen LogP) is 2.94. The highest BCUT2D eigenvalue weighted by molar-refractivity contribution is 6.21. The number of amides is 1. The molecule has 0 bridgehead atoms. The van der Waals surface area contributed by atoms with Crippen LogP contribution in [0.15, 0.2) is 17.8 Å². The topological polar surface area (TPSA) is 64.6 Å². The molecule has 1 aromatic rings. The van der Waals surface area contributed by atoms with Gasteiger partial charge in [0.05, 0.1) is 19.9 Å². The Hall–Kier alpha value is -2.30. The highest BCUT2D eigenvalue weighted by atomic mass is 16.5. The summed E-state index contributed by atoms with van der Waals surface area (Å²) < 4.78 is 10.5. The number of unbranched alkanes of at least 4 members (excludes halogenated alkanes) is 1. The quantitative estimate of drug-likeness (QED) is 0.877. The van der Waals surface area contributed by atoms with Gasteiger partial charge < -0.3 is 14.8 Å². The maximum atomic E-state index is 12.5. The number of Topliss-reactive ketones (excluding diaryl/α,β-unsaturated/α-hetero) is 1. The molecule has 1 aliphatic carbocycles. The third kappa shape index (κ3) is 2.84. The first-order valence-corrected chi connectivity index (χ1v) is 7.35. The van der Waals surface area contributed by atoms with Gasteiger partial charge in [0.25, 0.3) is 0 Å². The third-order valence-electron chi connectivity index (χ3n) is 3.80. The van der Waals surface area contributed by atoms with E-state index in [4.69, 9.17) is 9.47 Å². The van der Waals surface area contributed by atoms with Crippen molar-refractivity contribution in [1.29, 1.82) is 0 Å². The van der Waals surface area contributed by atoms with Crippen molar-refractivity contribution < 1.29 is 19.1 Å². The largest absolute Gasteiger partial charge is 0.493 e. The summed E-state index contributed by atoms with van der Waals surface area (Å²) in [5.74, 6) is 0.752. The van der Waals surface area contributed by atoms with Crippen molar-refractivity contribution in [3.8, 4) is 11.5 Å². The molecule has 1 aliphatic rings. The molecule has 5 nitrogen and oxygen atoms in total. The van der Waals surface area contributed by atoms with Crippen LogP contribution in [0.1, 0.15) is 49.0 Å². The molecule has 0 heterocycles. The van der Waals surface area contributed by atoms with Crippen molar-refractivity contribution in [3.05, 3.63) is 29.0 Å². The number of ketones is 1. The molecule has 5 heteroatoms. The molecule has 0 fully saturated rings. The van der Waals surface area contributed by atoms with Crippen LogP contribution in [0.3, 0.4) is 0 Å². The summed E-state index contributed by atoms with van der Waals surface area (Å²) in [5, 5.41) is 2.74. The van der Waals surface area contributed by atoms with E-state index < -0.39 is 0 Å². The van der Waals surface area contributed by atoms with Crippen molar-refractivity contribution in [3.63, 3.8) is 0 Å². The molecular weight excluding hydrogens is 282 g/mol. The van der Waals surface area contributed by atoms with E-state index in [1.165, 1.54) is 7.11 Å². The minimum absolute atomic E-state index is 0.128. The Bertz CT molecular complexity index is 646. The molecule has 0 atom stereocenters. The molecule has 0 aromatic heterocycles. The van der Waals surface area contributed by atoms with Crippen LogP contribution < -0.4 is 14.8 Å². The summed E-state index contributed by atoms with van der Waals surface area (Å²) in [7, 11) is 3.07. The molecule has 2 rings (SSSR count). The zero-order chi connectivity index (χ0) is 16.3. The number of hydrogen-bond donors (Lipinski definition) is 1. The van der Waals surface area contributed by atoms with Crippen molar-refractivity contribution in [2.45, 2.75) is 33.1 Å². The number of methoxy groups -OCH3 is 2. The summed E-state index contributed by atoms with van der Waals surface area (Å²) in [5.41, 5.74) is 2.41. The highest BCUT2D eigenvalue weighted by Gasteiger charge is 2.30. The van der Waals surface area contributed by atoms with Gasteiger partial charge in [-0.25, -0.2) is 0 Å². The van der Waals surface area contributed by atoms with Crippen LogP contribution in [-0.4, -0.2) is 25.9 Å². The fourth-order valence-electron chi connectivity index (χ4n) is 2.51. The monoisotopic (exact) mass is 303 g/mol. The van der Waals surface area contributed by atoms with Gasteiger partial charge in [0.15, 0.2) is 11.5 Å². The normalized spacial score (nSPS) is 13.2. The smallest absolute Gasteiger partial charge is 0.224 e. The Labute approximate surface area is 130 Å². The molecule has 118 valence electrons. The Morgan fingerprint density at radius 3 is 2.27 bits per heavy atom. The SMILES string of the molecule is CCCCC(=O)NC1=C(C)c2cc(OC)c(OC)cc2C1=O. The molecule has 1 amide bonds. The lowest BCUT2D eigenvalue weighted by molar-refractivity contribution is -0.120. The van der Waals surface area contributed by atoms with Crippen LogP contribution in [0, 0.1) is 0 Å². The van der Waals surface area contributed by atoms with Gasteiger partial charge in [-0.05, 0) is 36.6 Å². The zero-order valence-electron chi connectivity index (χ0n) is 13.4. The van der Waals surface area contributed by atoms with Gasteiger partial charge in [-0.3, -0.25) is 9.59 Å². The number of nitrogens with one attached hydrogen (secondary N) is 1. The van der Waals surface area contributed by atoms with Crippen molar-refractivity contribution in [2.24, 2.45) is 0 Å². The van der Waals surface area contributed by atoms with Crippen LogP contribution in [0.4, 0.5) is 0 Å². The second kappa shape index (κ2) is 6.64. The summed E-state index contributed by atoms with van der Waals surface area (Å²) >= 11 is 0. The standard InChI is InChI=1S/C17H21NO4/c1-5-6-7-15(19)18-16-10(2)11-8-13(21-3)14(22-4)9-12(11)17(16)20/h8-9H,5-7H2,1-4H3,(H,18,19,20). The average Bonchev–Trinajstić information content (AvgIpc) is 2.76. The van der Waals surface area contributed by atoms with E-state index >= 15 is 0 Å². The maximum Gasteiger partial charge on any atom is 0.224 e. The lowest BCUT2D eigenvalue weighted by Gasteiger charge is -2.09. The van der Waals surface area contributed by atoms with Gasteiger partial charge in [0.1, 0.15) is 0 Å². The molecular formula is C17H21NO4. The summed E-state index contributed by atoms with van der Waals surface area (Å²) in [6.07, 6.45) is 2.17. The zero-order valence-corrected chi connectivity index (χ0v) is 13.4. The molecule has 22 heavy (non-hydrogen) atoms. The first-order chi connectivity index (χ1) is 10.5. The van der Waals surface area contributed by atoms with Crippen molar-refractivity contribution in [1.82, 2.24) is 5.32 Å². The number of carbonyl (C=O) groups excluding carboxylic acids is 2. The minimum atomic E-state index is -0.182. The number of fused-ring (bicyclic) bond motifs is 1. The van der Waals surface area contributed by atoms with Gasteiger partial charge in [0.2, 0.25) is 11.7 Å². The fraction of sp³-hybridized carbons (Fsp3) is 0.412. The van der Waals surface area contributed by atoms with Crippen molar-refractivity contribution in [2.75, 3.05) is 14.2 Å². The predicted molar refractivity (Wildman–Crippen MR) is 84.1 cm³/mol. The molecule has 0 saturated heterocycles. The molecule has 0 unspecified atom stereocenters. The first-order valence-electron chi connectivity index (χ1n) is 7.35. The molecule has 0 aliphatic heterocycles. The number of rotatable bonds is 6. The van der Waals surface area contributed by atoms with E-state index in [1.54, 1.807) is 19.2 Å². The van der Waals surface area contributed by atoms with Crippen molar-refractivity contribution >= 4 is 17.3 Å². The summed E-state index contributed by atoms with van der Waals surface area (Å²) in [4.78, 5) is 24.4. The van der Waals surface area contributed by atoms with E-state index in [2.05, 4.69) is 5.32 Å². The highest BCUT2D eigenvalue weighted by Crippen LogP contribution is 2.39. The molecule has 0 radical (unpaired) electrons. The van der Waals surface area contributed by atoms with Crippen LogP contribution in [0.25, 0.3) is 5.57 Å². The third-order valence-corrected chi connectivity index (χ3v) is 3.80. The van der Waals surface area contributed by atoms with Gasteiger partial charge in [-0.1, -0.05) is 13.3 Å². The summed E-state index contributed by atoms with van der Waals surface area (Å²) in [6, 6.07) is 3.43. The van der Waals surface area contributed by atoms with Crippen LogP contribution in [0.2, 0.25) is 0 Å². The van der Waals surface area contributed by atoms with Crippen LogP contribution in [-0.2, 0) is 4.79 Å². The first kappa shape index (κ1) is 16.1. The number of ether oxygens (including phenoxy) is 2. The van der Waals surface area contributed by atoms with E-state index in [-0.39, 0.29) is 11.7 Å². The Morgan fingerprint density at radius 1 is 1.14 bits per heavy atom. The van der Waals surface area contributed by atoms with Gasteiger partial charge in [-0.15, -0.1) is 0 Å². The Balaban J connectivity index is 2.33. The van der Waals surface area contributed by atoms with E-state index in [9.17, 15) is 9.59 Å². The van der Waals surface area contributed by atoms with E-state index in [1.807, 2.05) is 13.8 Å². The number of hydrogen-bond acceptors (Lipinski definition) is 4. The minimum Gasteiger partial charge on any atom is -0.493 e. The maximum absolute atomic E-state index is 12.5. The number of carbonyl (C=O) groups is 2. The summed E-state index contributed by atoms with van der Waals surface area (Å²) in [6.45, 7) is 3.85. The second-order valence-electron chi connectivity index (χ2n) is 5.23. The lowest BCUT2D eigenvalue weighted by Crippen LogP contribution is -2.26. The van der Waals surface area contributed by atoms with Crippen LogP contribution in [0.5, 0.6) is 11.5 Å². The Morgan fingerprint density at radius 2 is 1.73 bits per heavy atom. The van der Waals surface area contributed by atoms with E-state index in [0.29, 0.717) is 29.2 Å². The van der Waals surface area contributed by atoms with Gasteiger partial charge in [0, 0.05) is 12.0 Å². The van der Waals surface area contributed by atoms with Crippen LogP contribution >= 0.6 is 0 Å². The Kier molecular flexibility index (Phi) is 4.85. The molecule has 1 N–H and O–H groups in total. The molecule has 0 spiro atoms. The van der Waals surface area contributed by atoms with Gasteiger partial charge >= 0.3 is 0 Å². The lowest BCUT2D eigenvalue weighted by atomic mass is 10.1. The number of benzene rings is 1.